The molecule has 0 radical (unpaired) electrons. The Balaban J connectivity index is 1.48. The molecule has 2 aromatic carbocycles. The van der Waals surface area contributed by atoms with Crippen LogP contribution in [0.15, 0.2) is 29.8 Å². The van der Waals surface area contributed by atoms with Gasteiger partial charge in [-0.2, -0.15) is 0 Å². The van der Waals surface area contributed by atoms with Crippen molar-refractivity contribution in [3.05, 3.63) is 57.7 Å². The van der Waals surface area contributed by atoms with Crippen LogP contribution in [0.1, 0.15) is 34.2 Å². The fraction of sp³-hybridized carbons (Fsp3) is 0.333. The second-order valence-electron chi connectivity index (χ2n) is 8.79. The van der Waals surface area contributed by atoms with Crippen molar-refractivity contribution in [1.29, 1.82) is 0 Å². The molecule has 3 aliphatic carbocycles. The fourth-order valence-corrected chi connectivity index (χ4v) is 4.83. The topological polar surface area (TPSA) is 194 Å². The number of allylic oxidation sites excluding steroid dienone is 2. The molecule has 0 fully saturated rings. The lowest BCUT2D eigenvalue weighted by molar-refractivity contribution is 0.0990. The highest BCUT2D eigenvalue weighted by atomic mass is 15.4. The smallest absolute Gasteiger partial charge is 0.156 e. The van der Waals surface area contributed by atoms with E-state index in [1.54, 1.807) is 0 Å². The van der Waals surface area contributed by atoms with E-state index >= 15 is 0 Å². The van der Waals surface area contributed by atoms with Gasteiger partial charge in [0.15, 0.2) is 17.2 Å². The zero-order valence-electron chi connectivity index (χ0n) is 16.5. The number of aryl methyl sites for hydroxylation is 1. The van der Waals surface area contributed by atoms with Gasteiger partial charge in [-0.05, 0) is 81.1 Å². The Bertz CT molecular complexity index is 1150. The van der Waals surface area contributed by atoms with Crippen molar-refractivity contribution in [2.24, 2.45) is 40.1 Å². The Morgan fingerprint density at radius 2 is 1.69 bits per heavy atom. The SMILES string of the molecule is Cc1ccc2cc3c(c4c2c1C4)C1=CC(CNC(N)(N)C(N)(N)C(N)(N)N)=C3C1. The number of nitrogens with two attached hydrogens (primary N) is 7. The molecule has 0 saturated carbocycles. The van der Waals surface area contributed by atoms with Gasteiger partial charge in [0, 0.05) is 6.54 Å². The molecule has 2 bridgehead atoms. The van der Waals surface area contributed by atoms with E-state index in [4.69, 9.17) is 40.1 Å². The Labute approximate surface area is 169 Å². The summed E-state index contributed by atoms with van der Waals surface area (Å²) in [4.78, 5) is 0. The summed E-state index contributed by atoms with van der Waals surface area (Å²) < 4.78 is 0. The molecule has 0 saturated heterocycles. The standard InChI is InChI=1S/C21H28N8/c1-9-2-3-10-5-15-14-6-11(18(15)16-7-13(9)17(10)16)4-12(14)8-29-21(27,28)19(22,23)20(24,25)26/h2-5,29H,6-8,22-28H2,1H3. The molecule has 29 heavy (non-hydrogen) atoms. The molecule has 0 heterocycles. The molecule has 15 N–H and O–H groups in total. The number of nitrogens with one attached hydrogen (secondary N) is 1. The summed E-state index contributed by atoms with van der Waals surface area (Å²) in [6, 6.07) is 6.71. The molecule has 2 aromatic rings. The molecule has 3 aliphatic rings. The van der Waals surface area contributed by atoms with Gasteiger partial charge in [-0.3, -0.25) is 34.0 Å². The number of hydrogen-bond acceptors (Lipinski definition) is 8. The quantitative estimate of drug-likeness (QED) is 0.251. The van der Waals surface area contributed by atoms with Crippen molar-refractivity contribution < 1.29 is 0 Å². The van der Waals surface area contributed by atoms with Gasteiger partial charge in [-0.1, -0.05) is 18.2 Å². The van der Waals surface area contributed by atoms with Crippen molar-refractivity contribution >= 4 is 21.9 Å². The van der Waals surface area contributed by atoms with E-state index < -0.39 is 17.2 Å². The minimum atomic E-state index is -1.96. The van der Waals surface area contributed by atoms with E-state index in [1.165, 1.54) is 49.7 Å². The first-order chi connectivity index (χ1) is 13.4. The first kappa shape index (κ1) is 18.9. The van der Waals surface area contributed by atoms with Crippen molar-refractivity contribution in [3.63, 3.8) is 0 Å². The van der Waals surface area contributed by atoms with E-state index in [0.29, 0.717) is 6.54 Å². The lowest BCUT2D eigenvalue weighted by Gasteiger charge is -2.47. The van der Waals surface area contributed by atoms with Crippen LogP contribution in [0.25, 0.3) is 21.9 Å². The normalized spacial score (nSPS) is 17.7. The number of rotatable bonds is 5. The maximum atomic E-state index is 6.11. The van der Waals surface area contributed by atoms with Gasteiger partial charge < -0.3 is 11.5 Å². The zero-order chi connectivity index (χ0) is 20.9. The fourth-order valence-electron chi connectivity index (χ4n) is 4.83. The predicted molar refractivity (Wildman–Crippen MR) is 117 cm³/mol. The second kappa shape index (κ2) is 5.51. The predicted octanol–water partition coefficient (Wildman–Crippen LogP) is -1.09. The summed E-state index contributed by atoms with van der Waals surface area (Å²) in [7, 11) is 0. The number of benzene rings is 2. The van der Waals surface area contributed by atoms with E-state index in [0.717, 1.165) is 18.4 Å². The summed E-state index contributed by atoms with van der Waals surface area (Å²) in [5, 5.41) is 5.73. The molecule has 8 heteroatoms. The monoisotopic (exact) mass is 392 g/mol. The van der Waals surface area contributed by atoms with Gasteiger partial charge in [-0.25, -0.2) is 0 Å². The Morgan fingerprint density at radius 1 is 0.966 bits per heavy atom. The van der Waals surface area contributed by atoms with Crippen molar-refractivity contribution in [1.82, 2.24) is 5.32 Å². The maximum absolute atomic E-state index is 6.11. The van der Waals surface area contributed by atoms with Crippen LogP contribution >= 0.6 is 0 Å². The molecule has 5 rings (SSSR count). The highest BCUT2D eigenvalue weighted by Gasteiger charge is 2.51. The first-order valence-electron chi connectivity index (χ1n) is 9.71. The van der Waals surface area contributed by atoms with E-state index in [-0.39, 0.29) is 0 Å². The number of hydrogen-bond donors (Lipinski definition) is 8. The van der Waals surface area contributed by atoms with Crippen LogP contribution in [0.4, 0.5) is 0 Å². The molecule has 0 aliphatic heterocycles. The third-order valence-corrected chi connectivity index (χ3v) is 6.83. The van der Waals surface area contributed by atoms with Crippen LogP contribution in [0.5, 0.6) is 0 Å². The van der Waals surface area contributed by atoms with Gasteiger partial charge >= 0.3 is 0 Å². The van der Waals surface area contributed by atoms with E-state index in [1.807, 2.05) is 0 Å². The van der Waals surface area contributed by atoms with Crippen LogP contribution in [-0.2, 0) is 6.42 Å². The van der Waals surface area contributed by atoms with Crippen LogP contribution in [0.2, 0.25) is 0 Å². The molecule has 0 unspecified atom stereocenters. The van der Waals surface area contributed by atoms with Crippen molar-refractivity contribution in [2.75, 3.05) is 6.54 Å². The van der Waals surface area contributed by atoms with E-state index in [2.05, 4.69) is 36.5 Å². The molecular weight excluding hydrogens is 364 g/mol. The summed E-state index contributed by atoms with van der Waals surface area (Å²) in [5.41, 5.74) is 50.0. The van der Waals surface area contributed by atoms with E-state index in [9.17, 15) is 0 Å². The summed E-state index contributed by atoms with van der Waals surface area (Å²) in [5.74, 6) is -3.73. The number of fused-ring (bicyclic) bond motifs is 6. The summed E-state index contributed by atoms with van der Waals surface area (Å²) in [6.45, 7) is 2.56. The van der Waals surface area contributed by atoms with Crippen molar-refractivity contribution in [2.45, 2.75) is 37.0 Å². The van der Waals surface area contributed by atoms with Gasteiger partial charge in [0.1, 0.15) is 0 Å². The summed E-state index contributed by atoms with van der Waals surface area (Å²) in [6.07, 6.45) is 4.16. The third-order valence-electron chi connectivity index (χ3n) is 6.83. The second-order valence-corrected chi connectivity index (χ2v) is 8.79. The highest BCUT2D eigenvalue weighted by molar-refractivity contribution is 6.09. The molecule has 0 atom stereocenters. The lowest BCUT2D eigenvalue weighted by atomic mass is 9.76. The van der Waals surface area contributed by atoms with Crippen LogP contribution in [-0.4, -0.2) is 23.8 Å². The maximum Gasteiger partial charge on any atom is 0.156 e. The molecule has 0 spiro atoms. The molecule has 0 amide bonds. The van der Waals surface area contributed by atoms with Gasteiger partial charge in [0.25, 0.3) is 0 Å². The zero-order valence-corrected chi connectivity index (χ0v) is 16.5. The first-order valence-corrected chi connectivity index (χ1v) is 9.71. The van der Waals surface area contributed by atoms with Gasteiger partial charge in [-0.15, -0.1) is 0 Å². The third kappa shape index (κ3) is 2.37. The minimum absolute atomic E-state index is 0.379. The molecule has 8 nitrogen and oxygen atoms in total. The lowest BCUT2D eigenvalue weighted by Crippen LogP contribution is -2.95. The van der Waals surface area contributed by atoms with Gasteiger partial charge in [0.2, 0.25) is 0 Å². The minimum Gasteiger partial charge on any atom is -0.306 e. The average Bonchev–Trinajstić information content (AvgIpc) is 3.15. The van der Waals surface area contributed by atoms with Crippen LogP contribution < -0.4 is 45.5 Å². The average molecular weight is 393 g/mol. The summed E-state index contributed by atoms with van der Waals surface area (Å²) >= 11 is 0. The van der Waals surface area contributed by atoms with Gasteiger partial charge in [0.05, 0.1) is 0 Å². The molecule has 152 valence electrons. The highest BCUT2D eigenvalue weighted by Crippen LogP contribution is 2.54. The van der Waals surface area contributed by atoms with Crippen molar-refractivity contribution in [3.8, 4) is 0 Å². The Morgan fingerprint density at radius 3 is 2.38 bits per heavy atom. The molecule has 0 aromatic heterocycles. The van der Waals surface area contributed by atoms with Crippen LogP contribution in [0.3, 0.4) is 0 Å². The van der Waals surface area contributed by atoms with Crippen LogP contribution in [0, 0.1) is 6.92 Å². The Kier molecular flexibility index (Phi) is 3.58. The Hall–Kier alpha value is -2.14. The molecular formula is C21H28N8. The largest absolute Gasteiger partial charge is 0.306 e.